The normalized spacial score (nSPS) is 10.3. The van der Waals surface area contributed by atoms with E-state index in [2.05, 4.69) is 6.92 Å². The first-order valence-corrected chi connectivity index (χ1v) is 9.64. The number of rotatable bonds is 11. The van der Waals surface area contributed by atoms with Crippen molar-refractivity contribution in [2.75, 3.05) is 19.1 Å². The van der Waals surface area contributed by atoms with E-state index >= 15 is 0 Å². The zero-order chi connectivity index (χ0) is 14.5. The van der Waals surface area contributed by atoms with E-state index in [0.29, 0.717) is 6.61 Å². The Balaban J connectivity index is 4.28. The summed E-state index contributed by atoms with van der Waals surface area (Å²) in [6, 6.07) is 0. The number of esters is 1. The Morgan fingerprint density at radius 3 is 2.05 bits per heavy atom. The zero-order valence-electron chi connectivity index (χ0n) is 12.8. The summed E-state index contributed by atoms with van der Waals surface area (Å²) in [5, 5.41) is 0. The van der Waals surface area contributed by atoms with Gasteiger partial charge in [-0.2, -0.15) is 0 Å². The van der Waals surface area contributed by atoms with E-state index < -0.39 is 0 Å². The second-order valence-corrected chi connectivity index (χ2v) is 6.30. The molecule has 0 rings (SSSR count). The number of unbranched alkanes of at least 4 members (excludes halogenated alkanes) is 5. The Morgan fingerprint density at radius 1 is 0.947 bits per heavy atom. The molecular weight excluding hydrogens is 276 g/mol. The third-order valence-electron chi connectivity index (χ3n) is 2.92. The van der Waals surface area contributed by atoms with E-state index in [1.807, 2.05) is 19.4 Å². The third kappa shape index (κ3) is 8.64. The number of hydrogen-bond acceptors (Lipinski definition) is 4. The van der Waals surface area contributed by atoms with Gasteiger partial charge in [0.2, 0.25) is 0 Å². The molecule has 19 heavy (non-hydrogen) atoms. The van der Waals surface area contributed by atoms with Crippen LogP contribution >= 0.6 is 23.5 Å². The van der Waals surface area contributed by atoms with Gasteiger partial charge < -0.3 is 4.74 Å². The number of carbonyl (C=O) groups is 1. The fraction of sp³-hybridized carbons (Fsp3) is 0.800. The Kier molecular flexibility index (Phi) is 12.9. The Labute approximate surface area is 127 Å². The minimum absolute atomic E-state index is 0.130. The Hall–Kier alpha value is -0.0900. The molecule has 4 heteroatoms. The van der Waals surface area contributed by atoms with Crippen LogP contribution in [0.5, 0.6) is 0 Å². The van der Waals surface area contributed by atoms with Crippen LogP contribution < -0.4 is 0 Å². The van der Waals surface area contributed by atoms with Crippen molar-refractivity contribution in [1.82, 2.24) is 0 Å². The molecule has 2 nitrogen and oxygen atoms in total. The van der Waals surface area contributed by atoms with Gasteiger partial charge in [0.15, 0.2) is 0 Å². The molecular formula is C15H28O2S2. The van der Waals surface area contributed by atoms with Crippen molar-refractivity contribution in [2.45, 2.75) is 58.8 Å². The second kappa shape index (κ2) is 12.9. The molecule has 0 aromatic carbocycles. The van der Waals surface area contributed by atoms with Crippen LogP contribution in [0.2, 0.25) is 0 Å². The van der Waals surface area contributed by atoms with Gasteiger partial charge in [0, 0.05) is 0 Å². The SMILES string of the molecule is CCCCCCCCC(C(=O)OCC)=C(SC)SC. The van der Waals surface area contributed by atoms with Gasteiger partial charge in [-0.1, -0.05) is 39.0 Å². The minimum atomic E-state index is -0.130. The largest absolute Gasteiger partial charge is 0.463 e. The summed E-state index contributed by atoms with van der Waals surface area (Å²) in [4.78, 5) is 12.0. The van der Waals surface area contributed by atoms with Crippen LogP contribution in [-0.2, 0) is 9.53 Å². The highest BCUT2D eigenvalue weighted by Gasteiger charge is 2.15. The maximum absolute atomic E-state index is 12.0. The van der Waals surface area contributed by atoms with Gasteiger partial charge in [0.05, 0.1) is 16.4 Å². The summed E-state index contributed by atoms with van der Waals surface area (Å²) in [6.07, 6.45) is 12.4. The van der Waals surface area contributed by atoms with Gasteiger partial charge >= 0.3 is 5.97 Å². The molecule has 0 spiro atoms. The molecule has 0 aromatic rings. The summed E-state index contributed by atoms with van der Waals surface area (Å²) < 4.78 is 6.26. The van der Waals surface area contributed by atoms with Gasteiger partial charge in [-0.05, 0) is 32.3 Å². The lowest BCUT2D eigenvalue weighted by Gasteiger charge is -2.11. The first-order chi connectivity index (χ1) is 9.21. The predicted octanol–water partition coefficient (Wildman–Crippen LogP) is 5.24. The van der Waals surface area contributed by atoms with Crippen LogP contribution in [0.1, 0.15) is 58.8 Å². The second-order valence-electron chi connectivity index (χ2n) is 4.41. The smallest absolute Gasteiger partial charge is 0.335 e. The number of carbonyl (C=O) groups excluding carboxylic acids is 1. The van der Waals surface area contributed by atoms with Crippen molar-refractivity contribution < 1.29 is 9.53 Å². The Morgan fingerprint density at radius 2 is 1.53 bits per heavy atom. The first-order valence-electron chi connectivity index (χ1n) is 7.19. The molecule has 0 fully saturated rings. The van der Waals surface area contributed by atoms with E-state index in [0.717, 1.165) is 22.7 Å². The summed E-state index contributed by atoms with van der Waals surface area (Å²) in [5.74, 6) is -0.130. The topological polar surface area (TPSA) is 26.3 Å². The standard InChI is InChI=1S/C15H28O2S2/c1-5-7-8-9-10-11-12-13(14(16)17-6-2)15(18-3)19-4/h5-12H2,1-4H3. The summed E-state index contributed by atoms with van der Waals surface area (Å²) in [7, 11) is 0. The predicted molar refractivity (Wildman–Crippen MR) is 88.7 cm³/mol. The summed E-state index contributed by atoms with van der Waals surface area (Å²) in [6.45, 7) is 4.54. The molecule has 0 atom stereocenters. The maximum atomic E-state index is 12.0. The monoisotopic (exact) mass is 304 g/mol. The van der Waals surface area contributed by atoms with Crippen LogP contribution in [0.25, 0.3) is 0 Å². The van der Waals surface area contributed by atoms with Crippen molar-refractivity contribution in [3.05, 3.63) is 9.81 Å². The van der Waals surface area contributed by atoms with Crippen LogP contribution in [0, 0.1) is 0 Å². The molecule has 0 aromatic heterocycles. The van der Waals surface area contributed by atoms with Gasteiger partial charge in [-0.25, -0.2) is 4.79 Å². The van der Waals surface area contributed by atoms with Gasteiger partial charge in [-0.3, -0.25) is 0 Å². The van der Waals surface area contributed by atoms with Crippen LogP contribution in [0.4, 0.5) is 0 Å². The molecule has 0 N–H and O–H groups in total. The van der Waals surface area contributed by atoms with Crippen molar-refractivity contribution in [2.24, 2.45) is 0 Å². The minimum Gasteiger partial charge on any atom is -0.463 e. The van der Waals surface area contributed by atoms with Gasteiger partial charge in [0.25, 0.3) is 0 Å². The zero-order valence-corrected chi connectivity index (χ0v) is 14.4. The van der Waals surface area contributed by atoms with Crippen LogP contribution in [0.15, 0.2) is 9.81 Å². The van der Waals surface area contributed by atoms with Gasteiger partial charge in [0.1, 0.15) is 0 Å². The van der Waals surface area contributed by atoms with Crippen molar-refractivity contribution in [3.63, 3.8) is 0 Å². The highest BCUT2D eigenvalue weighted by molar-refractivity contribution is 8.21. The molecule has 0 unspecified atom stereocenters. The van der Waals surface area contributed by atoms with Gasteiger partial charge in [-0.15, -0.1) is 23.5 Å². The van der Waals surface area contributed by atoms with Crippen LogP contribution in [-0.4, -0.2) is 25.1 Å². The van der Waals surface area contributed by atoms with E-state index in [-0.39, 0.29) is 5.97 Å². The highest BCUT2D eigenvalue weighted by atomic mass is 32.2. The van der Waals surface area contributed by atoms with E-state index in [9.17, 15) is 4.79 Å². The third-order valence-corrected chi connectivity index (χ3v) is 5.15. The molecule has 0 heterocycles. The molecule has 0 amide bonds. The van der Waals surface area contributed by atoms with Crippen molar-refractivity contribution in [1.29, 1.82) is 0 Å². The lowest BCUT2D eigenvalue weighted by atomic mass is 10.1. The van der Waals surface area contributed by atoms with Crippen LogP contribution in [0.3, 0.4) is 0 Å². The lowest BCUT2D eigenvalue weighted by Crippen LogP contribution is -2.09. The molecule has 0 aliphatic heterocycles. The van der Waals surface area contributed by atoms with E-state index in [1.54, 1.807) is 23.5 Å². The summed E-state index contributed by atoms with van der Waals surface area (Å²) in [5.41, 5.74) is 0.873. The van der Waals surface area contributed by atoms with Crippen molar-refractivity contribution in [3.8, 4) is 0 Å². The molecule has 0 saturated carbocycles. The average Bonchev–Trinajstić information content (AvgIpc) is 2.41. The molecule has 0 saturated heterocycles. The molecule has 112 valence electrons. The maximum Gasteiger partial charge on any atom is 0.335 e. The summed E-state index contributed by atoms with van der Waals surface area (Å²) >= 11 is 3.29. The first kappa shape index (κ1) is 18.9. The quantitative estimate of drug-likeness (QED) is 0.296. The lowest BCUT2D eigenvalue weighted by molar-refractivity contribution is -0.138. The van der Waals surface area contributed by atoms with Crippen molar-refractivity contribution >= 4 is 29.5 Å². The van der Waals surface area contributed by atoms with E-state index in [1.165, 1.54) is 32.1 Å². The van der Waals surface area contributed by atoms with E-state index in [4.69, 9.17) is 4.74 Å². The molecule has 0 aliphatic rings. The number of hydrogen-bond donors (Lipinski definition) is 0. The fourth-order valence-corrected chi connectivity index (χ4v) is 3.45. The Bertz CT molecular complexity index is 269. The fourth-order valence-electron chi connectivity index (χ4n) is 1.92. The molecule has 0 aliphatic carbocycles. The molecule has 0 bridgehead atoms. The average molecular weight is 305 g/mol. The molecule has 0 radical (unpaired) electrons. The number of thioether (sulfide) groups is 2. The number of ether oxygens (including phenoxy) is 1. The highest BCUT2D eigenvalue weighted by Crippen LogP contribution is 2.31.